The van der Waals surface area contributed by atoms with Crippen LogP contribution in [0.25, 0.3) is 5.82 Å². The van der Waals surface area contributed by atoms with E-state index in [0.29, 0.717) is 43.7 Å². The summed E-state index contributed by atoms with van der Waals surface area (Å²) >= 11 is 0. The minimum atomic E-state index is -1.08. The number of carbonyl (C=O) groups is 1. The maximum Gasteiger partial charge on any atom is 0.255 e. The van der Waals surface area contributed by atoms with Gasteiger partial charge in [-0.05, 0) is 31.4 Å². The number of likely N-dealkylation sites (tertiary alicyclic amines) is 1. The van der Waals surface area contributed by atoms with Gasteiger partial charge in [-0.25, -0.2) is 4.98 Å². The smallest absolute Gasteiger partial charge is 0.255 e. The van der Waals surface area contributed by atoms with Crippen molar-refractivity contribution < 1.29 is 15.0 Å². The molecule has 1 amide bonds. The highest BCUT2D eigenvalue weighted by atomic mass is 16.3. The Hall–Kier alpha value is -2.32. The molecule has 2 N–H and O–H groups in total. The summed E-state index contributed by atoms with van der Waals surface area (Å²) in [4.78, 5) is 18.5. The van der Waals surface area contributed by atoms with Crippen LogP contribution in [0.2, 0.25) is 0 Å². The summed E-state index contributed by atoms with van der Waals surface area (Å²) in [7, 11) is 0. The van der Waals surface area contributed by atoms with Gasteiger partial charge in [-0.15, -0.1) is 10.2 Å². The van der Waals surface area contributed by atoms with E-state index in [1.165, 1.54) is 18.9 Å². The molecule has 0 bridgehead atoms. The Kier molecular flexibility index (Phi) is 4.35. The maximum atomic E-state index is 12.6. The second-order valence-corrected chi connectivity index (χ2v) is 5.80. The van der Waals surface area contributed by atoms with Gasteiger partial charge in [-0.3, -0.25) is 9.36 Å². The molecule has 0 aromatic carbocycles. The van der Waals surface area contributed by atoms with Crippen LogP contribution < -0.4 is 0 Å². The molecule has 23 heavy (non-hydrogen) atoms. The Morgan fingerprint density at radius 2 is 2.00 bits per heavy atom. The fourth-order valence-corrected chi connectivity index (χ4v) is 2.71. The zero-order valence-corrected chi connectivity index (χ0v) is 12.7. The molecule has 2 aromatic heterocycles. The first-order valence-electron chi connectivity index (χ1n) is 7.55. The summed E-state index contributed by atoms with van der Waals surface area (Å²) in [6.07, 6.45) is 6.14. The summed E-state index contributed by atoms with van der Waals surface area (Å²) < 4.78 is 1.65. The van der Waals surface area contributed by atoms with Gasteiger partial charge in [-0.1, -0.05) is 0 Å². The molecule has 1 aliphatic rings. The number of aliphatic hydroxyl groups is 2. The van der Waals surface area contributed by atoms with Gasteiger partial charge in [0, 0.05) is 19.3 Å². The zero-order chi connectivity index (χ0) is 16.3. The van der Waals surface area contributed by atoms with Gasteiger partial charge in [0.2, 0.25) is 0 Å². The van der Waals surface area contributed by atoms with E-state index >= 15 is 0 Å². The van der Waals surface area contributed by atoms with E-state index in [9.17, 15) is 15.0 Å². The fraction of sp³-hybridized carbons (Fsp3) is 0.467. The van der Waals surface area contributed by atoms with Crippen LogP contribution >= 0.6 is 0 Å². The van der Waals surface area contributed by atoms with Gasteiger partial charge < -0.3 is 15.1 Å². The third kappa shape index (κ3) is 3.38. The quantitative estimate of drug-likeness (QED) is 0.826. The van der Waals surface area contributed by atoms with Gasteiger partial charge in [-0.2, -0.15) is 0 Å². The van der Waals surface area contributed by atoms with Crippen molar-refractivity contribution in [3.8, 4) is 5.82 Å². The number of carbonyl (C=O) groups excluding carboxylic acids is 1. The predicted octanol–water partition coefficient (Wildman–Crippen LogP) is 0.0118. The Bertz CT molecular complexity index is 658. The number of aliphatic hydroxyl groups excluding tert-OH is 1. The van der Waals surface area contributed by atoms with E-state index < -0.39 is 5.60 Å². The Morgan fingerprint density at radius 1 is 1.22 bits per heavy atom. The van der Waals surface area contributed by atoms with Crippen LogP contribution in [0.3, 0.4) is 0 Å². The van der Waals surface area contributed by atoms with Gasteiger partial charge in [0.05, 0.1) is 17.8 Å². The summed E-state index contributed by atoms with van der Waals surface area (Å²) in [5.41, 5.74) is -0.581. The van der Waals surface area contributed by atoms with Crippen LogP contribution in [0.5, 0.6) is 0 Å². The lowest BCUT2D eigenvalue weighted by Gasteiger charge is -2.24. The van der Waals surface area contributed by atoms with Crippen molar-refractivity contribution in [1.82, 2.24) is 24.6 Å². The summed E-state index contributed by atoms with van der Waals surface area (Å²) in [6, 6.07) is 3.45. The molecule has 122 valence electrons. The molecule has 1 atom stereocenters. The van der Waals surface area contributed by atoms with Crippen molar-refractivity contribution >= 4 is 5.91 Å². The minimum Gasteiger partial charge on any atom is -0.393 e. The van der Waals surface area contributed by atoms with Gasteiger partial charge in [0.25, 0.3) is 5.91 Å². The number of amides is 1. The first kappa shape index (κ1) is 15.6. The van der Waals surface area contributed by atoms with Crippen LogP contribution in [0, 0.1) is 0 Å². The number of nitrogens with zero attached hydrogens (tertiary/aromatic N) is 5. The van der Waals surface area contributed by atoms with Crippen molar-refractivity contribution in [3.63, 3.8) is 0 Å². The Labute approximate surface area is 133 Å². The lowest BCUT2D eigenvalue weighted by Crippen LogP contribution is -2.36. The maximum absolute atomic E-state index is 12.6. The average Bonchev–Trinajstić information content (AvgIpc) is 3.05. The van der Waals surface area contributed by atoms with Crippen LogP contribution in [0.1, 0.15) is 29.6 Å². The number of pyridine rings is 1. The van der Waals surface area contributed by atoms with E-state index in [0.717, 1.165) is 0 Å². The first-order chi connectivity index (χ1) is 11.1. The summed E-state index contributed by atoms with van der Waals surface area (Å²) in [6.45, 7) is 0.710. The van der Waals surface area contributed by atoms with Crippen LogP contribution in [-0.2, 0) is 0 Å². The highest BCUT2D eigenvalue weighted by Crippen LogP contribution is 2.22. The Morgan fingerprint density at radius 3 is 2.65 bits per heavy atom. The number of hydrogen-bond acceptors (Lipinski definition) is 6. The topological polar surface area (TPSA) is 104 Å². The van der Waals surface area contributed by atoms with E-state index in [-0.39, 0.29) is 12.5 Å². The number of hydrogen-bond donors (Lipinski definition) is 2. The molecule has 2 aromatic rings. The molecule has 0 radical (unpaired) electrons. The molecule has 0 saturated carbocycles. The molecule has 1 saturated heterocycles. The number of aromatic nitrogens is 4. The van der Waals surface area contributed by atoms with E-state index in [2.05, 4.69) is 15.2 Å². The number of rotatable bonds is 3. The SMILES string of the molecule is O=C(c1ccc(-n2cnnc2)nc1)N1CCC[C@@](O)(CO)CC1. The van der Waals surface area contributed by atoms with Gasteiger partial charge >= 0.3 is 0 Å². The molecule has 8 nitrogen and oxygen atoms in total. The summed E-state index contributed by atoms with van der Waals surface area (Å²) in [5, 5.41) is 26.9. The molecule has 1 aliphatic heterocycles. The Balaban J connectivity index is 1.70. The van der Waals surface area contributed by atoms with Gasteiger partial charge in [0.15, 0.2) is 0 Å². The average molecular weight is 317 g/mol. The molecule has 0 aliphatic carbocycles. The third-order valence-corrected chi connectivity index (χ3v) is 4.18. The van der Waals surface area contributed by atoms with Crippen molar-refractivity contribution in [2.24, 2.45) is 0 Å². The molecular weight excluding hydrogens is 298 g/mol. The monoisotopic (exact) mass is 317 g/mol. The van der Waals surface area contributed by atoms with Crippen LogP contribution in [0.15, 0.2) is 31.0 Å². The highest BCUT2D eigenvalue weighted by molar-refractivity contribution is 5.94. The van der Waals surface area contributed by atoms with Crippen molar-refractivity contribution in [1.29, 1.82) is 0 Å². The standard InChI is InChI=1S/C15H19N5O3/c21-9-15(23)4-1-6-19(7-5-15)14(22)12-2-3-13(16-8-12)20-10-17-18-11-20/h2-3,8,10-11,21,23H,1,4-7,9H2/t15-/m0/s1. The van der Waals surface area contributed by atoms with Crippen LogP contribution in [0.4, 0.5) is 0 Å². The normalized spacial score (nSPS) is 21.9. The van der Waals surface area contributed by atoms with Crippen molar-refractivity contribution in [2.45, 2.75) is 24.9 Å². The second-order valence-electron chi connectivity index (χ2n) is 5.80. The lowest BCUT2D eigenvalue weighted by atomic mass is 9.96. The molecule has 1 fully saturated rings. The first-order valence-corrected chi connectivity index (χ1v) is 7.55. The fourth-order valence-electron chi connectivity index (χ4n) is 2.71. The molecular formula is C15H19N5O3. The molecule has 3 heterocycles. The van der Waals surface area contributed by atoms with E-state index in [1.54, 1.807) is 21.6 Å². The largest absolute Gasteiger partial charge is 0.393 e. The highest BCUT2D eigenvalue weighted by Gasteiger charge is 2.31. The van der Waals surface area contributed by atoms with Crippen molar-refractivity contribution in [3.05, 3.63) is 36.5 Å². The van der Waals surface area contributed by atoms with Crippen molar-refractivity contribution in [2.75, 3.05) is 19.7 Å². The van der Waals surface area contributed by atoms with Gasteiger partial charge in [0.1, 0.15) is 18.5 Å². The third-order valence-electron chi connectivity index (χ3n) is 4.18. The molecule has 8 heteroatoms. The lowest BCUT2D eigenvalue weighted by molar-refractivity contribution is -0.0250. The van der Waals surface area contributed by atoms with Crippen LogP contribution in [-0.4, -0.2) is 66.1 Å². The zero-order valence-electron chi connectivity index (χ0n) is 12.7. The van der Waals surface area contributed by atoms with E-state index in [1.807, 2.05) is 0 Å². The minimum absolute atomic E-state index is 0.116. The molecule has 0 unspecified atom stereocenters. The molecule has 0 spiro atoms. The summed E-state index contributed by atoms with van der Waals surface area (Å²) in [5.74, 6) is 0.520. The predicted molar refractivity (Wildman–Crippen MR) is 80.9 cm³/mol. The second kappa shape index (κ2) is 6.43. The molecule has 3 rings (SSSR count). The van der Waals surface area contributed by atoms with E-state index in [4.69, 9.17) is 0 Å².